The predicted octanol–water partition coefficient (Wildman–Crippen LogP) is 0.557. The zero-order chi connectivity index (χ0) is 12.3. The molecule has 5 nitrogen and oxygen atoms in total. The Morgan fingerprint density at radius 1 is 1.29 bits per heavy atom. The van der Waals surface area contributed by atoms with Crippen LogP contribution in [0.25, 0.3) is 0 Å². The van der Waals surface area contributed by atoms with Crippen LogP contribution in [0.2, 0.25) is 0 Å². The number of aliphatic hydroxyl groups is 1. The normalized spacial score (nSPS) is 16.0. The van der Waals surface area contributed by atoms with Gasteiger partial charge in [-0.15, -0.1) is 0 Å². The topological polar surface area (TPSA) is 54.0 Å². The van der Waals surface area contributed by atoms with Gasteiger partial charge in [0.25, 0.3) is 0 Å². The minimum absolute atomic E-state index is 0.465. The molecule has 0 fully saturated rings. The lowest BCUT2D eigenvalue weighted by Crippen LogP contribution is -2.34. The van der Waals surface area contributed by atoms with Gasteiger partial charge < -0.3 is 14.6 Å². The number of nitrogens with zero attached hydrogens (tertiary/aromatic N) is 1. The van der Waals surface area contributed by atoms with Gasteiger partial charge in [-0.3, -0.25) is 10.4 Å². The molecule has 1 unspecified atom stereocenters. The molecule has 5 heteroatoms. The summed E-state index contributed by atoms with van der Waals surface area (Å²) in [6.45, 7) is 1.60. The Balaban J connectivity index is 2.05. The van der Waals surface area contributed by atoms with Gasteiger partial charge in [-0.2, -0.15) is 0 Å². The fourth-order valence-corrected chi connectivity index (χ4v) is 1.65. The van der Waals surface area contributed by atoms with Crippen molar-refractivity contribution in [2.75, 3.05) is 33.9 Å². The lowest BCUT2D eigenvalue weighted by atomic mass is 10.1. The molecule has 2 N–H and O–H groups in total. The lowest BCUT2D eigenvalue weighted by Gasteiger charge is -2.21. The third-order valence-electron chi connectivity index (χ3n) is 2.55. The highest BCUT2D eigenvalue weighted by atomic mass is 16.6. The molecule has 0 aliphatic carbocycles. The van der Waals surface area contributed by atoms with Gasteiger partial charge in [0, 0.05) is 20.6 Å². The van der Waals surface area contributed by atoms with Crippen molar-refractivity contribution in [3.63, 3.8) is 0 Å². The van der Waals surface area contributed by atoms with Gasteiger partial charge >= 0.3 is 0 Å². The van der Waals surface area contributed by atoms with Crippen LogP contribution in [0, 0.1) is 0 Å². The number of benzene rings is 1. The zero-order valence-corrected chi connectivity index (χ0v) is 10.1. The van der Waals surface area contributed by atoms with E-state index in [-0.39, 0.29) is 0 Å². The van der Waals surface area contributed by atoms with Crippen LogP contribution in [-0.4, -0.2) is 44.0 Å². The largest absolute Gasteiger partial charge is 0.486 e. The lowest BCUT2D eigenvalue weighted by molar-refractivity contribution is 0.139. The van der Waals surface area contributed by atoms with E-state index < -0.39 is 6.10 Å². The first-order valence-electron chi connectivity index (χ1n) is 5.65. The van der Waals surface area contributed by atoms with Crippen molar-refractivity contribution in [1.29, 1.82) is 0 Å². The summed E-state index contributed by atoms with van der Waals surface area (Å²) in [5.74, 6) is 1.45. The van der Waals surface area contributed by atoms with E-state index in [1.807, 2.05) is 32.3 Å². The molecule has 2 rings (SSSR count). The Labute approximate surface area is 101 Å². The molecule has 0 saturated carbocycles. The number of hydrogen-bond donors (Lipinski definition) is 2. The molecule has 0 amide bonds. The van der Waals surface area contributed by atoms with Crippen LogP contribution < -0.4 is 14.9 Å². The first-order chi connectivity index (χ1) is 8.16. The summed E-state index contributed by atoms with van der Waals surface area (Å²) in [6.07, 6.45) is -0.562. The second-order valence-corrected chi connectivity index (χ2v) is 4.18. The van der Waals surface area contributed by atoms with E-state index in [4.69, 9.17) is 9.47 Å². The number of hydrazine groups is 1. The van der Waals surface area contributed by atoms with Gasteiger partial charge in [-0.1, -0.05) is 6.07 Å². The Morgan fingerprint density at radius 3 is 2.71 bits per heavy atom. The standard InChI is InChI=1S/C12H18N2O3/c1-14(2)13-8-10(15)9-3-4-11-12(7-9)17-6-5-16-11/h3-4,7,10,13,15H,5-6,8H2,1-2H3. The molecule has 1 heterocycles. The van der Waals surface area contributed by atoms with E-state index in [0.717, 1.165) is 11.3 Å². The molecule has 1 aromatic carbocycles. The minimum atomic E-state index is -0.562. The van der Waals surface area contributed by atoms with Gasteiger partial charge in [-0.05, 0) is 17.7 Å². The molecular formula is C12H18N2O3. The van der Waals surface area contributed by atoms with Crippen molar-refractivity contribution in [3.8, 4) is 11.5 Å². The summed E-state index contributed by atoms with van der Waals surface area (Å²) in [5.41, 5.74) is 3.86. The molecule has 0 spiro atoms. The summed E-state index contributed by atoms with van der Waals surface area (Å²) in [7, 11) is 3.77. The van der Waals surface area contributed by atoms with Crippen LogP contribution in [-0.2, 0) is 0 Å². The molecule has 1 atom stereocenters. The van der Waals surface area contributed by atoms with Crippen molar-refractivity contribution >= 4 is 0 Å². The number of ether oxygens (including phenoxy) is 2. The summed E-state index contributed by atoms with van der Waals surface area (Å²) >= 11 is 0. The molecule has 0 radical (unpaired) electrons. The van der Waals surface area contributed by atoms with Crippen LogP contribution in [0.4, 0.5) is 0 Å². The van der Waals surface area contributed by atoms with E-state index in [9.17, 15) is 5.11 Å². The summed E-state index contributed by atoms with van der Waals surface area (Å²) in [4.78, 5) is 0. The van der Waals surface area contributed by atoms with Crippen LogP contribution in [0.15, 0.2) is 18.2 Å². The fourth-order valence-electron chi connectivity index (χ4n) is 1.65. The first-order valence-corrected chi connectivity index (χ1v) is 5.65. The van der Waals surface area contributed by atoms with Crippen molar-refractivity contribution in [3.05, 3.63) is 23.8 Å². The van der Waals surface area contributed by atoms with E-state index in [0.29, 0.717) is 25.5 Å². The maximum absolute atomic E-state index is 9.99. The molecular weight excluding hydrogens is 220 g/mol. The number of rotatable bonds is 4. The fraction of sp³-hybridized carbons (Fsp3) is 0.500. The third kappa shape index (κ3) is 3.09. The molecule has 94 valence electrons. The summed E-state index contributed by atoms with van der Waals surface area (Å²) < 4.78 is 10.9. The van der Waals surface area contributed by atoms with Gasteiger partial charge in [0.1, 0.15) is 13.2 Å². The average Bonchev–Trinajstić information content (AvgIpc) is 2.35. The Morgan fingerprint density at radius 2 is 2.00 bits per heavy atom. The molecule has 1 aliphatic heterocycles. The van der Waals surface area contributed by atoms with E-state index in [1.165, 1.54) is 0 Å². The predicted molar refractivity (Wildman–Crippen MR) is 64.1 cm³/mol. The van der Waals surface area contributed by atoms with Crippen molar-refractivity contribution in [2.24, 2.45) is 0 Å². The number of aliphatic hydroxyl groups excluding tert-OH is 1. The average molecular weight is 238 g/mol. The maximum atomic E-state index is 9.99. The molecule has 0 aromatic heterocycles. The number of nitrogens with one attached hydrogen (secondary N) is 1. The molecule has 1 aromatic rings. The van der Waals surface area contributed by atoms with Crippen molar-refractivity contribution < 1.29 is 14.6 Å². The van der Waals surface area contributed by atoms with Gasteiger partial charge in [0.15, 0.2) is 11.5 Å². The Hall–Kier alpha value is -1.30. The molecule has 17 heavy (non-hydrogen) atoms. The molecule has 0 bridgehead atoms. The van der Waals surface area contributed by atoms with Crippen molar-refractivity contribution in [1.82, 2.24) is 10.4 Å². The quantitative estimate of drug-likeness (QED) is 0.751. The van der Waals surface area contributed by atoms with Crippen molar-refractivity contribution in [2.45, 2.75) is 6.10 Å². The minimum Gasteiger partial charge on any atom is -0.486 e. The van der Waals surface area contributed by atoms with E-state index in [1.54, 1.807) is 5.01 Å². The second-order valence-electron chi connectivity index (χ2n) is 4.18. The Kier molecular flexibility index (Phi) is 3.83. The summed E-state index contributed by atoms with van der Waals surface area (Å²) in [6, 6.07) is 5.52. The smallest absolute Gasteiger partial charge is 0.161 e. The van der Waals surface area contributed by atoms with Gasteiger partial charge in [0.05, 0.1) is 6.10 Å². The van der Waals surface area contributed by atoms with Crippen LogP contribution in [0.3, 0.4) is 0 Å². The monoisotopic (exact) mass is 238 g/mol. The SMILES string of the molecule is CN(C)NCC(O)c1ccc2c(c1)OCCO2. The Bertz CT molecular complexity index is 382. The summed E-state index contributed by atoms with van der Waals surface area (Å²) in [5, 5.41) is 11.8. The van der Waals surface area contributed by atoms with E-state index >= 15 is 0 Å². The highest BCUT2D eigenvalue weighted by Crippen LogP contribution is 2.32. The highest BCUT2D eigenvalue weighted by Gasteiger charge is 2.15. The zero-order valence-electron chi connectivity index (χ0n) is 10.1. The number of hydrogen-bond acceptors (Lipinski definition) is 5. The van der Waals surface area contributed by atoms with Gasteiger partial charge in [-0.25, -0.2) is 0 Å². The highest BCUT2D eigenvalue weighted by molar-refractivity contribution is 5.44. The molecule has 0 saturated heterocycles. The maximum Gasteiger partial charge on any atom is 0.161 e. The third-order valence-corrected chi connectivity index (χ3v) is 2.55. The van der Waals surface area contributed by atoms with Crippen LogP contribution >= 0.6 is 0 Å². The number of fused-ring (bicyclic) bond motifs is 1. The first kappa shape index (κ1) is 12.2. The van der Waals surface area contributed by atoms with Gasteiger partial charge in [0.2, 0.25) is 0 Å². The van der Waals surface area contributed by atoms with E-state index in [2.05, 4.69) is 5.43 Å². The van der Waals surface area contributed by atoms with Crippen LogP contribution in [0.1, 0.15) is 11.7 Å². The second kappa shape index (κ2) is 5.35. The van der Waals surface area contributed by atoms with Crippen LogP contribution in [0.5, 0.6) is 11.5 Å². The molecule has 1 aliphatic rings.